The highest BCUT2D eigenvalue weighted by Gasteiger charge is 2.18. The largest absolute Gasteiger partial charge is 0.493 e. The van der Waals surface area contributed by atoms with E-state index >= 15 is 0 Å². The molecule has 0 bridgehead atoms. The summed E-state index contributed by atoms with van der Waals surface area (Å²) in [5, 5.41) is 2.90. The zero-order valence-electron chi connectivity index (χ0n) is 17.7. The molecule has 1 N–H and O–H groups in total. The normalized spacial score (nSPS) is 11.0. The van der Waals surface area contributed by atoms with E-state index in [1.54, 1.807) is 30.9 Å². The van der Waals surface area contributed by atoms with E-state index < -0.39 is 11.6 Å². The van der Waals surface area contributed by atoms with Crippen LogP contribution in [0.25, 0.3) is 11.1 Å². The smallest absolute Gasteiger partial charge is 0.268 e. The predicted octanol–water partition coefficient (Wildman–Crippen LogP) is 4.55. The molecule has 2 aromatic heterocycles. The van der Waals surface area contributed by atoms with Crippen LogP contribution < -0.4 is 14.8 Å². The minimum atomic E-state index is -0.931. The predicted molar refractivity (Wildman–Crippen MR) is 115 cm³/mol. The van der Waals surface area contributed by atoms with Gasteiger partial charge >= 0.3 is 0 Å². The van der Waals surface area contributed by atoms with E-state index in [9.17, 15) is 13.6 Å². The maximum Gasteiger partial charge on any atom is 0.268 e. The Morgan fingerprint density at radius 2 is 1.75 bits per heavy atom. The summed E-state index contributed by atoms with van der Waals surface area (Å²) in [6.45, 7) is 0.588. The van der Waals surface area contributed by atoms with Gasteiger partial charge in [-0.25, -0.2) is 8.78 Å². The average Bonchev–Trinajstić information content (AvgIpc) is 3.38. The van der Waals surface area contributed by atoms with E-state index in [1.807, 2.05) is 18.2 Å². The number of furan rings is 1. The lowest BCUT2D eigenvalue weighted by atomic mass is 10.1. The lowest BCUT2D eigenvalue weighted by Gasteiger charge is -2.12. The van der Waals surface area contributed by atoms with Crippen LogP contribution in [0.3, 0.4) is 0 Å². The highest BCUT2D eigenvalue weighted by atomic mass is 19.2. The number of rotatable bonds is 8. The van der Waals surface area contributed by atoms with Crippen molar-refractivity contribution in [3.8, 4) is 11.5 Å². The number of carbonyl (C=O) groups excluding carboxylic acids is 1. The topological polar surface area (TPSA) is 65.6 Å². The molecular weight excluding hydrogens is 418 g/mol. The molecule has 8 heteroatoms. The first-order valence-corrected chi connectivity index (χ1v) is 10.00. The number of carbonyl (C=O) groups is 1. The molecule has 0 saturated heterocycles. The van der Waals surface area contributed by atoms with Crippen LogP contribution >= 0.6 is 0 Å². The van der Waals surface area contributed by atoms with Gasteiger partial charge in [-0.05, 0) is 41.8 Å². The fourth-order valence-corrected chi connectivity index (χ4v) is 3.60. The van der Waals surface area contributed by atoms with Crippen molar-refractivity contribution in [2.75, 3.05) is 20.8 Å². The molecule has 0 saturated carbocycles. The number of hydrogen-bond donors (Lipinski definition) is 1. The second-order valence-electron chi connectivity index (χ2n) is 7.23. The van der Waals surface area contributed by atoms with Crippen molar-refractivity contribution in [1.82, 2.24) is 9.88 Å². The van der Waals surface area contributed by atoms with Gasteiger partial charge in [0.1, 0.15) is 5.69 Å². The van der Waals surface area contributed by atoms with Gasteiger partial charge in [0.15, 0.2) is 28.7 Å². The number of halogens is 2. The van der Waals surface area contributed by atoms with E-state index in [2.05, 4.69) is 5.32 Å². The Balaban J connectivity index is 1.49. The molecular formula is C24H22F2N2O4. The fourth-order valence-electron chi connectivity index (χ4n) is 3.60. The molecule has 0 aliphatic carbocycles. The van der Waals surface area contributed by atoms with Gasteiger partial charge in [0, 0.05) is 25.2 Å². The third kappa shape index (κ3) is 4.30. The van der Waals surface area contributed by atoms with Crippen LogP contribution in [0, 0.1) is 11.6 Å². The van der Waals surface area contributed by atoms with Crippen molar-refractivity contribution in [2.45, 2.75) is 13.0 Å². The maximum absolute atomic E-state index is 13.7. The van der Waals surface area contributed by atoms with Crippen LogP contribution in [0.5, 0.6) is 11.5 Å². The number of ether oxygens (including phenoxy) is 2. The quantitative estimate of drug-likeness (QED) is 0.437. The number of fused-ring (bicyclic) bond motifs is 1. The first kappa shape index (κ1) is 21.4. The molecule has 0 unspecified atom stereocenters. The Labute approximate surface area is 183 Å². The summed E-state index contributed by atoms with van der Waals surface area (Å²) in [5.41, 5.74) is 3.12. The molecule has 2 heterocycles. The molecule has 2 aromatic carbocycles. The summed E-state index contributed by atoms with van der Waals surface area (Å²) >= 11 is 0. The SMILES string of the molecule is COc1ccc(CCNC(=O)c2cc3occc3n2Cc2ccc(F)c(F)c2)cc1OC. The van der Waals surface area contributed by atoms with Gasteiger partial charge in [-0.3, -0.25) is 4.79 Å². The summed E-state index contributed by atoms with van der Waals surface area (Å²) in [6, 6.07) is 12.6. The lowest BCUT2D eigenvalue weighted by molar-refractivity contribution is 0.0945. The van der Waals surface area contributed by atoms with Crippen LogP contribution in [0.2, 0.25) is 0 Å². The number of nitrogens with one attached hydrogen (secondary N) is 1. The third-order valence-corrected chi connectivity index (χ3v) is 5.23. The minimum absolute atomic E-state index is 0.193. The van der Waals surface area contributed by atoms with Crippen LogP contribution in [0.1, 0.15) is 21.6 Å². The monoisotopic (exact) mass is 440 g/mol. The van der Waals surface area contributed by atoms with Crippen molar-refractivity contribution < 1.29 is 27.5 Å². The number of amides is 1. The zero-order valence-corrected chi connectivity index (χ0v) is 17.7. The van der Waals surface area contributed by atoms with E-state index in [4.69, 9.17) is 13.9 Å². The summed E-state index contributed by atoms with van der Waals surface area (Å²) in [6.07, 6.45) is 2.11. The second-order valence-corrected chi connectivity index (χ2v) is 7.23. The van der Waals surface area contributed by atoms with Gasteiger partial charge in [-0.2, -0.15) is 0 Å². The Kier molecular flexibility index (Phi) is 6.11. The Bertz CT molecular complexity index is 1260. The molecule has 1 amide bonds. The van der Waals surface area contributed by atoms with Crippen molar-refractivity contribution in [3.63, 3.8) is 0 Å². The van der Waals surface area contributed by atoms with E-state index in [-0.39, 0.29) is 12.5 Å². The molecule has 0 aliphatic heterocycles. The Morgan fingerprint density at radius 3 is 2.50 bits per heavy atom. The molecule has 0 aliphatic rings. The van der Waals surface area contributed by atoms with Gasteiger partial charge in [0.2, 0.25) is 0 Å². The third-order valence-electron chi connectivity index (χ3n) is 5.23. The van der Waals surface area contributed by atoms with Crippen molar-refractivity contribution in [1.29, 1.82) is 0 Å². The fraction of sp³-hybridized carbons (Fsp3) is 0.208. The molecule has 4 rings (SSSR count). The van der Waals surface area contributed by atoms with Gasteiger partial charge in [0.25, 0.3) is 5.91 Å². The van der Waals surface area contributed by atoms with Crippen LogP contribution in [0.15, 0.2) is 59.2 Å². The van der Waals surface area contributed by atoms with E-state index in [1.165, 1.54) is 12.3 Å². The van der Waals surface area contributed by atoms with E-state index in [0.717, 1.165) is 17.7 Å². The molecule has 0 radical (unpaired) electrons. The summed E-state index contributed by atoms with van der Waals surface area (Å²) in [4.78, 5) is 12.9. The summed E-state index contributed by atoms with van der Waals surface area (Å²) in [7, 11) is 3.14. The molecule has 6 nitrogen and oxygen atoms in total. The highest BCUT2D eigenvalue weighted by molar-refractivity contribution is 5.97. The highest BCUT2D eigenvalue weighted by Crippen LogP contribution is 2.27. The number of hydrogen-bond acceptors (Lipinski definition) is 4. The van der Waals surface area contributed by atoms with Gasteiger partial charge < -0.3 is 23.8 Å². The van der Waals surface area contributed by atoms with Crippen LogP contribution in [-0.2, 0) is 13.0 Å². The van der Waals surface area contributed by atoms with Gasteiger partial charge in [-0.15, -0.1) is 0 Å². The number of benzene rings is 2. The first-order valence-electron chi connectivity index (χ1n) is 10.00. The lowest BCUT2D eigenvalue weighted by Crippen LogP contribution is -2.28. The molecule has 0 atom stereocenters. The Morgan fingerprint density at radius 1 is 0.969 bits per heavy atom. The zero-order chi connectivity index (χ0) is 22.7. The number of nitrogens with zero attached hydrogens (tertiary/aromatic N) is 1. The molecule has 0 fully saturated rings. The molecule has 166 valence electrons. The van der Waals surface area contributed by atoms with Crippen LogP contribution in [-0.4, -0.2) is 31.2 Å². The molecule has 32 heavy (non-hydrogen) atoms. The second kappa shape index (κ2) is 9.13. The van der Waals surface area contributed by atoms with Gasteiger partial charge in [-0.1, -0.05) is 12.1 Å². The first-order chi connectivity index (χ1) is 15.5. The van der Waals surface area contributed by atoms with Crippen molar-refractivity contribution in [2.24, 2.45) is 0 Å². The van der Waals surface area contributed by atoms with Crippen molar-refractivity contribution >= 4 is 17.0 Å². The maximum atomic E-state index is 13.7. The molecule has 0 spiro atoms. The van der Waals surface area contributed by atoms with E-state index in [0.29, 0.717) is 46.8 Å². The summed E-state index contributed by atoms with van der Waals surface area (Å²) in [5.74, 6) is -0.878. The standard InChI is InChI=1S/C24H22F2N2O4/c1-30-21-6-4-15(12-23(21)31-2)7-9-27-24(29)20-13-22-19(8-10-32-22)28(20)14-16-3-5-17(25)18(26)11-16/h3-6,8,10-13H,7,9,14H2,1-2H3,(H,27,29). The average molecular weight is 440 g/mol. The Hall–Kier alpha value is -3.81. The van der Waals surface area contributed by atoms with Gasteiger partial charge in [0.05, 0.1) is 26.0 Å². The minimum Gasteiger partial charge on any atom is -0.493 e. The number of methoxy groups -OCH3 is 2. The molecule has 4 aromatic rings. The summed E-state index contributed by atoms with van der Waals surface area (Å²) < 4.78 is 44.6. The van der Waals surface area contributed by atoms with Crippen LogP contribution in [0.4, 0.5) is 8.78 Å². The number of aromatic nitrogens is 1. The van der Waals surface area contributed by atoms with Crippen molar-refractivity contribution in [3.05, 3.63) is 83.2 Å².